The minimum absolute atomic E-state index is 0.304. The molecule has 3 nitrogen and oxygen atoms in total. The van der Waals surface area contributed by atoms with Crippen molar-refractivity contribution in [1.82, 2.24) is 0 Å². The first-order valence-corrected chi connectivity index (χ1v) is 10.0. The van der Waals surface area contributed by atoms with E-state index in [0.29, 0.717) is 16.6 Å². The van der Waals surface area contributed by atoms with Crippen molar-refractivity contribution in [1.29, 1.82) is 0 Å². The summed E-state index contributed by atoms with van der Waals surface area (Å²) in [6.07, 6.45) is 0. The minimum atomic E-state index is -1.91. The van der Waals surface area contributed by atoms with Gasteiger partial charge in [0.1, 0.15) is 11.8 Å². The van der Waals surface area contributed by atoms with Crippen LogP contribution in [0.15, 0.2) is 29.4 Å². The smallest absolute Gasteiger partial charge is 0.258 e. The number of nitrogens with zero attached hydrogens (tertiary/aromatic N) is 1. The van der Waals surface area contributed by atoms with Crippen molar-refractivity contribution in [3.05, 3.63) is 34.7 Å². The van der Waals surface area contributed by atoms with Gasteiger partial charge in [0.05, 0.1) is 0 Å². The first-order chi connectivity index (χ1) is 9.75. The summed E-state index contributed by atoms with van der Waals surface area (Å²) in [5.41, 5.74) is 2.58. The maximum Gasteiger partial charge on any atom is 0.258 e. The summed E-state index contributed by atoms with van der Waals surface area (Å²) in [5.74, 6) is 0.916. The normalized spacial score (nSPS) is 13.8. The van der Waals surface area contributed by atoms with E-state index in [1.165, 1.54) is 0 Å². The van der Waals surface area contributed by atoms with Crippen molar-refractivity contribution in [3.63, 3.8) is 0 Å². The van der Waals surface area contributed by atoms with Gasteiger partial charge >= 0.3 is 0 Å². The Bertz CT molecular complexity index is 433. The summed E-state index contributed by atoms with van der Waals surface area (Å²) < 4.78 is 6.58. The van der Waals surface area contributed by atoms with Gasteiger partial charge in [-0.3, -0.25) is 0 Å². The summed E-state index contributed by atoms with van der Waals surface area (Å²) in [5, 5.41) is 3.07. The Morgan fingerprint density at radius 2 is 1.29 bits per heavy atom. The van der Waals surface area contributed by atoms with Crippen LogP contribution in [0.2, 0.25) is 16.6 Å². The molecule has 4 heteroatoms. The second-order valence-electron chi connectivity index (χ2n) is 6.77. The largest absolute Gasteiger partial charge is 0.543 e. The Morgan fingerprint density at radius 3 is 1.62 bits per heavy atom. The molecule has 21 heavy (non-hydrogen) atoms. The van der Waals surface area contributed by atoms with Crippen molar-refractivity contribution < 1.29 is 4.43 Å². The van der Waals surface area contributed by atoms with Crippen LogP contribution in [0.4, 0.5) is 0 Å². The lowest BCUT2D eigenvalue weighted by molar-refractivity contribution is 0.479. The molecule has 0 amide bonds. The highest BCUT2D eigenvalue weighted by atomic mass is 28.4. The summed E-state index contributed by atoms with van der Waals surface area (Å²) in [6, 6.07) is 7.54. The lowest BCUT2D eigenvalue weighted by Gasteiger charge is -2.42. The third-order valence-electron chi connectivity index (χ3n) is 4.52. The molecule has 1 rings (SSSR count). The molecule has 0 heterocycles. The quantitative estimate of drug-likeness (QED) is 0.453. The van der Waals surface area contributed by atoms with Crippen LogP contribution >= 0.6 is 0 Å². The maximum atomic E-state index is 10.6. The van der Waals surface area contributed by atoms with Crippen LogP contribution in [-0.4, -0.2) is 8.32 Å². The third-order valence-corrected chi connectivity index (χ3v) is 10.5. The lowest BCUT2D eigenvalue weighted by Crippen LogP contribution is -2.50. The summed E-state index contributed by atoms with van der Waals surface area (Å²) in [4.78, 5) is 10.6. The van der Waals surface area contributed by atoms with Crippen molar-refractivity contribution in [2.75, 3.05) is 0 Å². The SMILES string of the molecule is CC(N=O)c1ccc(O[Si](C(C)C)(C(C)C)C(C)C)cc1. The standard InChI is InChI=1S/C17H29NO2Si/c1-12(2)21(13(3)4,14(5)6)20-17-10-8-16(9-11-17)15(7)18-19/h8-15H,1-7H3. The molecule has 0 aliphatic heterocycles. The van der Waals surface area contributed by atoms with Crippen LogP contribution in [0.25, 0.3) is 0 Å². The highest BCUT2D eigenvalue weighted by Gasteiger charge is 2.46. The summed E-state index contributed by atoms with van der Waals surface area (Å²) in [6.45, 7) is 15.5. The van der Waals surface area contributed by atoms with Gasteiger partial charge in [0, 0.05) is 0 Å². The van der Waals surface area contributed by atoms with Crippen LogP contribution in [0.1, 0.15) is 60.1 Å². The highest BCUT2D eigenvalue weighted by molar-refractivity contribution is 6.78. The molecule has 1 aromatic rings. The molecule has 0 aliphatic rings. The van der Waals surface area contributed by atoms with Gasteiger partial charge in [-0.25, -0.2) is 0 Å². The second kappa shape index (κ2) is 7.21. The molecule has 0 spiro atoms. The number of hydrogen-bond donors (Lipinski definition) is 0. The van der Waals surface area contributed by atoms with Gasteiger partial charge in [-0.15, -0.1) is 0 Å². The zero-order valence-electron chi connectivity index (χ0n) is 14.4. The zero-order chi connectivity index (χ0) is 16.2. The Labute approximate surface area is 130 Å². The molecular weight excluding hydrogens is 278 g/mol. The molecule has 0 bridgehead atoms. The van der Waals surface area contributed by atoms with Crippen LogP contribution in [0.5, 0.6) is 5.75 Å². The van der Waals surface area contributed by atoms with Crippen LogP contribution in [0.3, 0.4) is 0 Å². The van der Waals surface area contributed by atoms with Crippen LogP contribution < -0.4 is 4.43 Å². The Kier molecular flexibility index (Phi) is 6.14. The molecule has 1 atom stereocenters. The zero-order valence-corrected chi connectivity index (χ0v) is 15.4. The Balaban J connectivity index is 3.07. The molecule has 0 fully saturated rings. The van der Waals surface area contributed by atoms with Crippen molar-refractivity contribution >= 4 is 8.32 Å². The number of hydrogen-bond acceptors (Lipinski definition) is 3. The van der Waals surface area contributed by atoms with Gasteiger partial charge in [0.15, 0.2) is 0 Å². The summed E-state index contributed by atoms with van der Waals surface area (Å²) in [7, 11) is -1.91. The molecule has 0 aliphatic carbocycles. The minimum Gasteiger partial charge on any atom is -0.543 e. The van der Waals surface area contributed by atoms with Gasteiger partial charge in [-0.1, -0.05) is 58.9 Å². The van der Waals surface area contributed by atoms with Crippen molar-refractivity contribution in [3.8, 4) is 5.75 Å². The van der Waals surface area contributed by atoms with E-state index in [1.54, 1.807) is 6.92 Å². The number of benzene rings is 1. The fourth-order valence-corrected chi connectivity index (χ4v) is 8.68. The van der Waals surface area contributed by atoms with Gasteiger partial charge in [-0.05, 0) is 41.2 Å². The lowest BCUT2D eigenvalue weighted by atomic mass is 10.1. The van der Waals surface area contributed by atoms with Crippen LogP contribution in [-0.2, 0) is 0 Å². The molecule has 1 unspecified atom stereocenters. The molecule has 0 aromatic heterocycles. The second-order valence-corrected chi connectivity index (χ2v) is 12.1. The van der Waals surface area contributed by atoms with E-state index in [4.69, 9.17) is 4.43 Å². The predicted molar refractivity (Wildman–Crippen MR) is 92.3 cm³/mol. The fraction of sp³-hybridized carbons (Fsp3) is 0.647. The first-order valence-electron chi connectivity index (χ1n) is 7.87. The number of rotatable bonds is 7. The Hall–Kier alpha value is -1.16. The molecule has 1 aromatic carbocycles. The van der Waals surface area contributed by atoms with Gasteiger partial charge in [-0.2, -0.15) is 4.91 Å². The highest BCUT2D eigenvalue weighted by Crippen LogP contribution is 2.42. The number of nitroso groups, excluding NO2 is 1. The van der Waals surface area contributed by atoms with E-state index in [0.717, 1.165) is 11.3 Å². The fourth-order valence-electron chi connectivity index (χ4n) is 3.43. The van der Waals surface area contributed by atoms with E-state index in [1.807, 2.05) is 24.3 Å². The van der Waals surface area contributed by atoms with E-state index < -0.39 is 8.32 Å². The molecule has 0 N–H and O–H groups in total. The third kappa shape index (κ3) is 3.73. The molecule has 0 saturated carbocycles. The van der Waals surface area contributed by atoms with Gasteiger partial charge in [0.2, 0.25) is 0 Å². The predicted octanol–water partition coefficient (Wildman–Crippen LogP) is 6.07. The Morgan fingerprint density at radius 1 is 0.857 bits per heavy atom. The molecule has 118 valence electrons. The van der Waals surface area contributed by atoms with E-state index >= 15 is 0 Å². The first kappa shape index (κ1) is 17.9. The average molecular weight is 308 g/mol. The molecular formula is C17H29NO2Si. The van der Waals surface area contributed by atoms with Gasteiger partial charge < -0.3 is 4.43 Å². The molecule has 0 radical (unpaired) electrons. The van der Waals surface area contributed by atoms with E-state index in [9.17, 15) is 4.91 Å². The summed E-state index contributed by atoms with van der Waals surface area (Å²) >= 11 is 0. The maximum absolute atomic E-state index is 10.6. The average Bonchev–Trinajstić information content (AvgIpc) is 2.43. The van der Waals surface area contributed by atoms with Gasteiger partial charge in [0.25, 0.3) is 8.32 Å². The topological polar surface area (TPSA) is 38.7 Å². The van der Waals surface area contributed by atoms with E-state index in [2.05, 4.69) is 46.7 Å². The van der Waals surface area contributed by atoms with Crippen molar-refractivity contribution in [2.24, 2.45) is 5.18 Å². The van der Waals surface area contributed by atoms with Crippen molar-refractivity contribution in [2.45, 2.75) is 71.1 Å². The monoisotopic (exact) mass is 307 g/mol. The van der Waals surface area contributed by atoms with Crippen LogP contribution in [0, 0.1) is 4.91 Å². The molecule has 0 saturated heterocycles. The van der Waals surface area contributed by atoms with E-state index in [-0.39, 0.29) is 6.04 Å².